The molecule has 1 atom stereocenters. The average molecular weight is 505 g/mol. The van der Waals surface area contributed by atoms with E-state index in [2.05, 4.69) is 36.1 Å². The summed E-state index contributed by atoms with van der Waals surface area (Å²) in [4.78, 5) is 21.5. The van der Waals surface area contributed by atoms with Crippen LogP contribution in [0.2, 0.25) is 0 Å². The van der Waals surface area contributed by atoms with Crippen molar-refractivity contribution in [3.8, 4) is 5.75 Å². The van der Waals surface area contributed by atoms with Gasteiger partial charge >= 0.3 is 0 Å². The van der Waals surface area contributed by atoms with E-state index < -0.39 is 18.0 Å². The first kappa shape index (κ1) is 22.4. The molecular weight excluding hydrogens is 483 g/mol. The van der Waals surface area contributed by atoms with E-state index in [0.717, 1.165) is 34.8 Å². The highest BCUT2D eigenvalue weighted by Crippen LogP contribution is 2.34. The number of aliphatic hydroxyl groups excluding tert-OH is 1. The number of ether oxygens (including phenoxy) is 1. The summed E-state index contributed by atoms with van der Waals surface area (Å²) in [6.45, 7) is 2.22. The van der Waals surface area contributed by atoms with Crippen molar-refractivity contribution in [1.29, 1.82) is 0 Å². The minimum absolute atomic E-state index is 0.0737. The molecule has 1 amide bonds. The molecule has 0 saturated heterocycles. The summed E-state index contributed by atoms with van der Waals surface area (Å²) < 4.78 is 25.1. The molecule has 0 saturated carbocycles. The molecule has 10 heteroatoms. The number of aliphatic hydroxyl groups is 1. The van der Waals surface area contributed by atoms with Gasteiger partial charge in [-0.25, -0.2) is 9.97 Å². The van der Waals surface area contributed by atoms with Crippen LogP contribution in [0.1, 0.15) is 27.2 Å². The van der Waals surface area contributed by atoms with Crippen LogP contribution < -0.4 is 10.1 Å². The second kappa shape index (κ2) is 10.2. The van der Waals surface area contributed by atoms with Crippen molar-refractivity contribution in [1.82, 2.24) is 20.2 Å². The molecule has 0 spiro atoms. The van der Waals surface area contributed by atoms with Crippen LogP contribution in [0.25, 0.3) is 0 Å². The first-order chi connectivity index (χ1) is 15.5. The molecule has 4 rings (SSSR count). The van der Waals surface area contributed by atoms with Gasteiger partial charge in [-0.05, 0) is 45.6 Å². The smallest absolute Gasteiger partial charge is 0.251 e. The first-order valence-electron chi connectivity index (χ1n) is 10.1. The molecule has 1 aliphatic rings. The lowest BCUT2D eigenvalue weighted by molar-refractivity contribution is 0.0841. The Balaban J connectivity index is 1.29. The predicted molar refractivity (Wildman–Crippen MR) is 116 cm³/mol. The SMILES string of the molecule is O=C(NCC(O)CN1CCc2c(ccc(OCc3cnco3)c2Br)C1)c1ccnc(F)c1. The van der Waals surface area contributed by atoms with Gasteiger partial charge in [-0.1, -0.05) is 6.07 Å². The van der Waals surface area contributed by atoms with Gasteiger partial charge in [0.2, 0.25) is 5.95 Å². The number of benzene rings is 1. The van der Waals surface area contributed by atoms with Gasteiger partial charge in [0, 0.05) is 44.0 Å². The van der Waals surface area contributed by atoms with Crippen molar-refractivity contribution in [3.05, 3.63) is 75.9 Å². The number of hydrogen-bond acceptors (Lipinski definition) is 7. The van der Waals surface area contributed by atoms with Crippen molar-refractivity contribution in [2.24, 2.45) is 0 Å². The standard InChI is InChI=1S/C22H22BrFN4O4/c23-21-18-4-6-28(10-15(18)1-2-19(21)31-12-17-9-25-13-32-17)11-16(29)8-27-22(30)14-3-5-26-20(24)7-14/h1-3,5,7,9,13,16,29H,4,6,8,10-12H2,(H,27,30). The molecule has 0 aliphatic carbocycles. The predicted octanol–water partition coefficient (Wildman–Crippen LogP) is 2.70. The topological polar surface area (TPSA) is 101 Å². The van der Waals surface area contributed by atoms with Crippen LogP contribution >= 0.6 is 15.9 Å². The van der Waals surface area contributed by atoms with Crippen molar-refractivity contribution < 1.29 is 23.4 Å². The van der Waals surface area contributed by atoms with Gasteiger partial charge in [0.15, 0.2) is 12.2 Å². The molecule has 1 aromatic carbocycles. The summed E-state index contributed by atoms with van der Waals surface area (Å²) in [6, 6.07) is 6.42. The average Bonchev–Trinajstić information content (AvgIpc) is 3.31. The molecule has 0 fully saturated rings. The van der Waals surface area contributed by atoms with Gasteiger partial charge < -0.3 is 19.6 Å². The monoisotopic (exact) mass is 504 g/mol. The number of halogens is 2. The van der Waals surface area contributed by atoms with Gasteiger partial charge in [0.05, 0.1) is 16.8 Å². The Kier molecular flexibility index (Phi) is 7.13. The zero-order chi connectivity index (χ0) is 22.5. The number of pyridine rings is 1. The maximum Gasteiger partial charge on any atom is 0.251 e. The van der Waals surface area contributed by atoms with Gasteiger partial charge in [-0.15, -0.1) is 0 Å². The molecule has 1 unspecified atom stereocenters. The second-order valence-corrected chi connectivity index (χ2v) is 8.28. The van der Waals surface area contributed by atoms with Crippen molar-refractivity contribution in [2.75, 3.05) is 19.6 Å². The Labute approximate surface area is 192 Å². The van der Waals surface area contributed by atoms with E-state index in [1.165, 1.54) is 24.2 Å². The van der Waals surface area contributed by atoms with Crippen molar-refractivity contribution in [2.45, 2.75) is 25.7 Å². The summed E-state index contributed by atoms with van der Waals surface area (Å²) in [5, 5.41) is 13.0. The molecule has 0 bridgehead atoms. The number of nitrogens with zero attached hydrogens (tertiary/aromatic N) is 3. The molecule has 3 aromatic rings. The summed E-state index contributed by atoms with van der Waals surface area (Å²) in [5.74, 6) is 0.221. The van der Waals surface area contributed by atoms with Crippen molar-refractivity contribution >= 4 is 21.8 Å². The summed E-state index contributed by atoms with van der Waals surface area (Å²) in [7, 11) is 0. The third kappa shape index (κ3) is 5.50. The normalized spacial score (nSPS) is 14.6. The lowest BCUT2D eigenvalue weighted by atomic mass is 9.99. The molecule has 8 nitrogen and oxygen atoms in total. The zero-order valence-corrected chi connectivity index (χ0v) is 18.7. The summed E-state index contributed by atoms with van der Waals surface area (Å²) >= 11 is 3.65. The van der Waals surface area contributed by atoms with E-state index in [1.54, 1.807) is 6.20 Å². The number of fused-ring (bicyclic) bond motifs is 1. The number of oxazole rings is 1. The molecule has 2 aromatic heterocycles. The highest BCUT2D eigenvalue weighted by molar-refractivity contribution is 9.10. The van der Waals surface area contributed by atoms with Crippen LogP contribution in [0, 0.1) is 5.95 Å². The zero-order valence-electron chi connectivity index (χ0n) is 17.1. The number of carbonyl (C=O) groups is 1. The molecular formula is C22H22BrFN4O4. The highest BCUT2D eigenvalue weighted by atomic mass is 79.9. The summed E-state index contributed by atoms with van der Waals surface area (Å²) in [6.07, 6.45) is 4.26. The Morgan fingerprint density at radius 2 is 2.28 bits per heavy atom. The maximum absolute atomic E-state index is 13.2. The fourth-order valence-corrected chi connectivity index (χ4v) is 4.30. The quantitative estimate of drug-likeness (QED) is 0.454. The Morgan fingerprint density at radius 3 is 3.06 bits per heavy atom. The fraction of sp³-hybridized carbons (Fsp3) is 0.318. The van der Waals surface area contributed by atoms with E-state index in [9.17, 15) is 14.3 Å². The van der Waals surface area contributed by atoms with Crippen LogP contribution in [-0.4, -0.2) is 51.6 Å². The minimum atomic E-state index is -0.750. The third-order valence-corrected chi connectivity index (χ3v) is 6.06. The number of amides is 1. The van der Waals surface area contributed by atoms with E-state index in [4.69, 9.17) is 9.15 Å². The molecule has 3 heterocycles. The molecule has 2 N–H and O–H groups in total. The number of rotatable bonds is 8. The number of hydrogen-bond donors (Lipinski definition) is 2. The Hall–Kier alpha value is -2.82. The lowest BCUT2D eigenvalue weighted by Gasteiger charge is -2.31. The van der Waals surface area contributed by atoms with Crippen LogP contribution in [-0.2, 0) is 19.6 Å². The van der Waals surface area contributed by atoms with Crippen LogP contribution in [0.3, 0.4) is 0 Å². The number of carbonyl (C=O) groups excluding carboxylic acids is 1. The van der Waals surface area contributed by atoms with Crippen LogP contribution in [0.5, 0.6) is 5.75 Å². The highest BCUT2D eigenvalue weighted by Gasteiger charge is 2.22. The minimum Gasteiger partial charge on any atom is -0.484 e. The molecule has 1 aliphatic heterocycles. The number of aromatic nitrogens is 2. The molecule has 168 valence electrons. The van der Waals surface area contributed by atoms with Gasteiger partial charge in [-0.2, -0.15) is 4.39 Å². The van der Waals surface area contributed by atoms with Crippen molar-refractivity contribution in [3.63, 3.8) is 0 Å². The Morgan fingerprint density at radius 1 is 1.41 bits per heavy atom. The van der Waals surface area contributed by atoms with Crippen LogP contribution in [0.4, 0.5) is 4.39 Å². The molecule has 0 radical (unpaired) electrons. The Bertz CT molecular complexity index is 1080. The largest absolute Gasteiger partial charge is 0.484 e. The second-order valence-electron chi connectivity index (χ2n) is 7.49. The summed E-state index contributed by atoms with van der Waals surface area (Å²) in [5.41, 5.74) is 2.50. The number of β-amino-alcohol motifs (C(OH)–C–C–N with tert-alkyl or cyclic N) is 1. The van der Waals surface area contributed by atoms with Gasteiger partial charge in [0.1, 0.15) is 12.4 Å². The fourth-order valence-electron chi connectivity index (χ4n) is 3.60. The first-order valence-corrected chi connectivity index (χ1v) is 10.9. The van der Waals surface area contributed by atoms with E-state index in [1.807, 2.05) is 12.1 Å². The molecule has 32 heavy (non-hydrogen) atoms. The van der Waals surface area contributed by atoms with Gasteiger partial charge in [0.25, 0.3) is 5.91 Å². The van der Waals surface area contributed by atoms with E-state index in [-0.39, 0.29) is 12.1 Å². The number of nitrogens with one attached hydrogen (secondary N) is 1. The maximum atomic E-state index is 13.2. The lowest BCUT2D eigenvalue weighted by Crippen LogP contribution is -2.42. The van der Waals surface area contributed by atoms with E-state index >= 15 is 0 Å². The van der Waals surface area contributed by atoms with Crippen LogP contribution in [0.15, 0.2) is 51.9 Å². The van der Waals surface area contributed by atoms with E-state index in [0.29, 0.717) is 25.5 Å². The third-order valence-electron chi connectivity index (χ3n) is 5.19. The van der Waals surface area contributed by atoms with Gasteiger partial charge in [-0.3, -0.25) is 9.69 Å².